The predicted molar refractivity (Wildman–Crippen MR) is 106 cm³/mol. The first kappa shape index (κ1) is 18.5. The van der Waals surface area contributed by atoms with Crippen LogP contribution in [0.4, 0.5) is 0 Å². The number of carbonyl (C=O) groups is 1. The van der Waals surface area contributed by atoms with Crippen molar-refractivity contribution in [3.05, 3.63) is 52.0 Å². The Morgan fingerprint density at radius 2 is 1.96 bits per heavy atom. The number of aromatic nitrogens is 3. The van der Waals surface area contributed by atoms with Gasteiger partial charge in [-0.2, -0.15) is 0 Å². The minimum Gasteiger partial charge on any atom is -0.345 e. The Morgan fingerprint density at radius 3 is 2.58 bits per heavy atom. The maximum Gasteiger partial charge on any atom is 0.262 e. The second kappa shape index (κ2) is 6.76. The van der Waals surface area contributed by atoms with E-state index in [0.29, 0.717) is 4.88 Å². The van der Waals surface area contributed by atoms with E-state index in [-0.39, 0.29) is 17.4 Å². The number of nitrogens with zero attached hydrogens (tertiary/aromatic N) is 3. The summed E-state index contributed by atoms with van der Waals surface area (Å²) in [6.07, 6.45) is 3.50. The second-order valence-electron chi connectivity index (χ2n) is 7.60. The van der Waals surface area contributed by atoms with E-state index in [0.717, 1.165) is 32.9 Å². The molecule has 0 aliphatic rings. The van der Waals surface area contributed by atoms with Crippen LogP contribution in [0.3, 0.4) is 0 Å². The molecular formula is C20H24N4OS. The number of aryl methyl sites for hydroxylation is 2. The van der Waals surface area contributed by atoms with Crippen molar-refractivity contribution in [1.82, 2.24) is 20.3 Å². The lowest BCUT2D eigenvalue weighted by Crippen LogP contribution is -2.26. The molecule has 0 spiro atoms. The third kappa shape index (κ3) is 3.46. The lowest BCUT2D eigenvalue weighted by atomic mass is 9.95. The summed E-state index contributed by atoms with van der Waals surface area (Å²) in [5.74, 6) is 0.720. The molecule has 1 atom stereocenters. The topological polar surface area (TPSA) is 67.8 Å². The molecule has 0 fully saturated rings. The average Bonchev–Trinajstić information content (AvgIpc) is 2.92. The number of nitrogens with one attached hydrogen (secondary N) is 1. The monoisotopic (exact) mass is 368 g/mol. The number of pyridine rings is 1. The highest BCUT2D eigenvalue weighted by atomic mass is 32.1. The summed E-state index contributed by atoms with van der Waals surface area (Å²) >= 11 is 1.43. The molecule has 3 rings (SSSR count). The Kier molecular flexibility index (Phi) is 4.80. The normalized spacial score (nSPS) is 13.0. The molecule has 3 heterocycles. The maximum absolute atomic E-state index is 12.8. The van der Waals surface area contributed by atoms with Crippen LogP contribution in [0, 0.1) is 13.8 Å². The van der Waals surface area contributed by atoms with E-state index in [9.17, 15) is 4.79 Å². The van der Waals surface area contributed by atoms with Crippen molar-refractivity contribution in [3.63, 3.8) is 0 Å². The largest absolute Gasteiger partial charge is 0.345 e. The Hall–Kier alpha value is -2.34. The van der Waals surface area contributed by atoms with Gasteiger partial charge in [-0.3, -0.25) is 9.78 Å². The molecule has 6 heteroatoms. The van der Waals surface area contributed by atoms with Crippen LogP contribution in [0.15, 0.2) is 24.5 Å². The molecule has 5 nitrogen and oxygen atoms in total. The first-order valence-electron chi connectivity index (χ1n) is 8.67. The van der Waals surface area contributed by atoms with Gasteiger partial charge < -0.3 is 5.32 Å². The minimum atomic E-state index is -0.131. The third-order valence-corrected chi connectivity index (χ3v) is 5.56. The molecule has 0 saturated heterocycles. The summed E-state index contributed by atoms with van der Waals surface area (Å²) < 4.78 is 0. The molecule has 26 heavy (non-hydrogen) atoms. The molecule has 0 aromatic carbocycles. The van der Waals surface area contributed by atoms with Gasteiger partial charge in [-0.05, 0) is 38.0 Å². The molecule has 1 N–H and O–H groups in total. The highest BCUT2D eigenvalue weighted by Gasteiger charge is 2.24. The molecule has 0 saturated carbocycles. The van der Waals surface area contributed by atoms with Gasteiger partial charge in [0.25, 0.3) is 5.91 Å². The smallest absolute Gasteiger partial charge is 0.262 e. The van der Waals surface area contributed by atoms with Crippen LogP contribution in [0.25, 0.3) is 10.2 Å². The number of hydrogen-bond donors (Lipinski definition) is 1. The maximum atomic E-state index is 12.8. The summed E-state index contributed by atoms with van der Waals surface area (Å²) in [5, 5.41) is 4.05. The number of carbonyl (C=O) groups excluding carboxylic acids is 1. The van der Waals surface area contributed by atoms with E-state index in [1.54, 1.807) is 12.4 Å². The standard InChI is InChI=1S/C20H24N4OS/c1-11-15-13(3)23-19(20(4,5)6)24-18(15)26-16(11)17(25)22-12(2)14-8-7-9-21-10-14/h7-10,12H,1-6H3,(H,22,25)/t12-/m1/s1. The van der Waals surface area contributed by atoms with Crippen LogP contribution < -0.4 is 5.32 Å². The first-order chi connectivity index (χ1) is 12.2. The van der Waals surface area contributed by atoms with Gasteiger partial charge >= 0.3 is 0 Å². The predicted octanol–water partition coefficient (Wildman–Crippen LogP) is 4.49. The van der Waals surface area contributed by atoms with Crippen molar-refractivity contribution in [1.29, 1.82) is 0 Å². The van der Waals surface area contributed by atoms with Gasteiger partial charge in [-0.1, -0.05) is 26.8 Å². The zero-order valence-corrected chi connectivity index (χ0v) is 16.9. The first-order valence-corrected chi connectivity index (χ1v) is 9.49. The SMILES string of the molecule is Cc1nc(C(C)(C)C)nc2sc(C(=O)N[C@H](C)c3cccnc3)c(C)c12. The fourth-order valence-electron chi connectivity index (χ4n) is 2.87. The van der Waals surface area contributed by atoms with E-state index >= 15 is 0 Å². The molecule has 136 valence electrons. The van der Waals surface area contributed by atoms with Crippen LogP contribution in [0.5, 0.6) is 0 Å². The van der Waals surface area contributed by atoms with E-state index in [1.165, 1.54) is 11.3 Å². The molecule has 1 amide bonds. The highest BCUT2D eigenvalue weighted by molar-refractivity contribution is 7.20. The lowest BCUT2D eigenvalue weighted by molar-refractivity contribution is 0.0943. The zero-order chi connectivity index (χ0) is 19.1. The third-order valence-electron chi connectivity index (χ3n) is 4.38. The van der Waals surface area contributed by atoms with Crippen molar-refractivity contribution in [2.24, 2.45) is 0 Å². The molecule has 0 bridgehead atoms. The molecule has 3 aromatic rings. The number of fused-ring (bicyclic) bond motifs is 1. The van der Waals surface area contributed by atoms with Crippen molar-refractivity contribution in [2.45, 2.75) is 53.0 Å². The van der Waals surface area contributed by atoms with Gasteiger partial charge in [0.1, 0.15) is 10.7 Å². The van der Waals surface area contributed by atoms with Gasteiger partial charge in [-0.15, -0.1) is 11.3 Å². The summed E-state index contributed by atoms with van der Waals surface area (Å²) in [6, 6.07) is 3.72. The molecular weight excluding hydrogens is 344 g/mol. The molecule has 3 aromatic heterocycles. The Labute approximate surface area is 157 Å². The molecule has 0 aliphatic carbocycles. The van der Waals surface area contributed by atoms with Crippen LogP contribution in [0.2, 0.25) is 0 Å². The fraction of sp³-hybridized carbons (Fsp3) is 0.400. The van der Waals surface area contributed by atoms with Crippen LogP contribution in [-0.2, 0) is 5.41 Å². The summed E-state index contributed by atoms with van der Waals surface area (Å²) in [4.78, 5) is 27.9. The van der Waals surface area contributed by atoms with E-state index < -0.39 is 0 Å². The van der Waals surface area contributed by atoms with Crippen molar-refractivity contribution in [3.8, 4) is 0 Å². The summed E-state index contributed by atoms with van der Waals surface area (Å²) in [7, 11) is 0. The Balaban J connectivity index is 1.96. The van der Waals surface area contributed by atoms with Crippen molar-refractivity contribution < 1.29 is 4.79 Å². The van der Waals surface area contributed by atoms with Gasteiger partial charge in [0, 0.05) is 23.2 Å². The zero-order valence-electron chi connectivity index (χ0n) is 16.0. The number of thiophene rings is 1. The van der Waals surface area contributed by atoms with Crippen molar-refractivity contribution >= 4 is 27.5 Å². The van der Waals surface area contributed by atoms with Crippen LogP contribution >= 0.6 is 11.3 Å². The number of hydrogen-bond acceptors (Lipinski definition) is 5. The Morgan fingerprint density at radius 1 is 1.23 bits per heavy atom. The van der Waals surface area contributed by atoms with Crippen LogP contribution in [0.1, 0.15) is 66.1 Å². The minimum absolute atomic E-state index is 0.0847. The van der Waals surface area contributed by atoms with Gasteiger partial charge in [-0.25, -0.2) is 9.97 Å². The fourth-order valence-corrected chi connectivity index (χ4v) is 4.00. The van der Waals surface area contributed by atoms with E-state index in [2.05, 4.69) is 36.1 Å². The summed E-state index contributed by atoms with van der Waals surface area (Å²) in [6.45, 7) is 12.2. The number of rotatable bonds is 3. The average molecular weight is 369 g/mol. The highest BCUT2D eigenvalue weighted by Crippen LogP contribution is 2.33. The van der Waals surface area contributed by atoms with Gasteiger partial charge in [0.15, 0.2) is 0 Å². The lowest BCUT2D eigenvalue weighted by Gasteiger charge is -2.16. The van der Waals surface area contributed by atoms with Gasteiger partial charge in [0.05, 0.1) is 16.6 Å². The number of amides is 1. The van der Waals surface area contributed by atoms with Crippen LogP contribution in [-0.4, -0.2) is 20.9 Å². The Bertz CT molecular complexity index is 957. The summed E-state index contributed by atoms with van der Waals surface area (Å²) in [5.41, 5.74) is 2.71. The van der Waals surface area contributed by atoms with E-state index in [4.69, 9.17) is 4.98 Å². The molecule has 0 radical (unpaired) electrons. The second-order valence-corrected chi connectivity index (χ2v) is 8.60. The molecule has 0 aliphatic heterocycles. The van der Waals surface area contributed by atoms with E-state index in [1.807, 2.05) is 32.9 Å². The molecule has 0 unspecified atom stereocenters. The van der Waals surface area contributed by atoms with Gasteiger partial charge in [0.2, 0.25) is 0 Å². The quantitative estimate of drug-likeness (QED) is 0.739. The van der Waals surface area contributed by atoms with Crippen molar-refractivity contribution in [2.75, 3.05) is 0 Å².